The van der Waals surface area contributed by atoms with Crippen LogP contribution in [0.1, 0.15) is 51.2 Å². The summed E-state index contributed by atoms with van der Waals surface area (Å²) in [6, 6.07) is 1.70. The molecule has 0 spiro atoms. The van der Waals surface area contributed by atoms with Crippen molar-refractivity contribution in [3.63, 3.8) is 0 Å². The van der Waals surface area contributed by atoms with Gasteiger partial charge in [0.1, 0.15) is 30.5 Å². The number of carbonyl (C=O) groups is 2. The van der Waals surface area contributed by atoms with Crippen LogP contribution >= 0.6 is 0 Å². The lowest BCUT2D eigenvalue weighted by Gasteiger charge is -2.57. The minimum Gasteiger partial charge on any atom is -0.472 e. The van der Waals surface area contributed by atoms with Crippen molar-refractivity contribution >= 4 is 11.9 Å². The molecule has 3 fully saturated rings. The minimum atomic E-state index is -1.60. The van der Waals surface area contributed by atoms with E-state index in [1.165, 1.54) is 19.6 Å². The summed E-state index contributed by atoms with van der Waals surface area (Å²) in [7, 11) is 1.33. The number of allylic oxidation sites excluding steroid dienone is 1. The number of rotatable bonds is 7. The number of aliphatic hydroxyl groups is 4. The van der Waals surface area contributed by atoms with E-state index < -0.39 is 72.2 Å². The van der Waals surface area contributed by atoms with Crippen LogP contribution in [0.2, 0.25) is 0 Å². The van der Waals surface area contributed by atoms with Gasteiger partial charge in [-0.05, 0) is 43.1 Å². The monoisotopic (exact) mass is 536 g/mol. The van der Waals surface area contributed by atoms with Crippen LogP contribution in [0.25, 0.3) is 0 Å². The maximum absolute atomic E-state index is 13.2. The van der Waals surface area contributed by atoms with E-state index in [0.29, 0.717) is 17.6 Å². The Morgan fingerprint density at radius 1 is 1.21 bits per heavy atom. The predicted molar refractivity (Wildman–Crippen MR) is 128 cm³/mol. The van der Waals surface area contributed by atoms with Gasteiger partial charge in [-0.2, -0.15) is 0 Å². The van der Waals surface area contributed by atoms with E-state index in [-0.39, 0.29) is 24.7 Å². The fourth-order valence-corrected chi connectivity index (χ4v) is 7.39. The summed E-state index contributed by atoms with van der Waals surface area (Å²) in [5.41, 5.74) is -0.0898. The molecular weight excluding hydrogens is 500 g/mol. The first-order valence-electron chi connectivity index (χ1n) is 13.0. The maximum atomic E-state index is 13.2. The third-order valence-corrected chi connectivity index (χ3v) is 9.46. The lowest BCUT2D eigenvalue weighted by Crippen LogP contribution is -2.60. The smallest absolute Gasteiger partial charge is 0.334 e. The van der Waals surface area contributed by atoms with Gasteiger partial charge >= 0.3 is 11.9 Å². The van der Waals surface area contributed by atoms with Gasteiger partial charge in [0.05, 0.1) is 38.3 Å². The second-order valence-corrected chi connectivity index (χ2v) is 11.3. The van der Waals surface area contributed by atoms with Crippen molar-refractivity contribution in [1.82, 2.24) is 0 Å². The van der Waals surface area contributed by atoms with Crippen LogP contribution in [-0.2, 0) is 28.5 Å². The second-order valence-electron chi connectivity index (χ2n) is 11.3. The molecule has 0 unspecified atom stereocenters. The standard InChI is InChI=1S/C27H36O11/c1-26(15(23(32)34-3)9-19-27(2)14(24(33)38-19)5-4-6-18(26)27)10-16(13-7-8-35-12-13)36-25-22(31)21(30)20(29)17(11-28)37-25/h5,7-8,12,15-22,25,28-31H,4,6,9-11H2,1-3H3/t15-,16-,17+,18-,19-,20+,21+,22+,25+,26-,27-/m0/s1. The van der Waals surface area contributed by atoms with Crippen molar-refractivity contribution < 1.29 is 53.4 Å². The van der Waals surface area contributed by atoms with Crippen LogP contribution in [0.15, 0.2) is 34.7 Å². The van der Waals surface area contributed by atoms with E-state index in [2.05, 4.69) is 0 Å². The first-order chi connectivity index (χ1) is 18.1. The topological polar surface area (TPSA) is 165 Å². The average molecular weight is 537 g/mol. The molecule has 4 N–H and O–H groups in total. The number of furan rings is 1. The molecule has 3 heterocycles. The van der Waals surface area contributed by atoms with E-state index in [4.69, 9.17) is 23.4 Å². The molecule has 210 valence electrons. The molecule has 11 nitrogen and oxygen atoms in total. The number of ether oxygens (including phenoxy) is 4. The van der Waals surface area contributed by atoms with Crippen molar-refractivity contribution in [2.45, 2.75) is 82.4 Å². The normalized spacial score (nSPS) is 43.1. The van der Waals surface area contributed by atoms with Crippen molar-refractivity contribution in [2.75, 3.05) is 13.7 Å². The summed E-state index contributed by atoms with van der Waals surface area (Å²) in [5.74, 6) is -1.52. The van der Waals surface area contributed by atoms with E-state index >= 15 is 0 Å². The third-order valence-electron chi connectivity index (χ3n) is 9.46. The number of aliphatic hydroxyl groups excluding tert-OH is 4. The van der Waals surface area contributed by atoms with Gasteiger partial charge in [0.25, 0.3) is 0 Å². The largest absolute Gasteiger partial charge is 0.472 e. The Hall–Kier alpha value is -2.28. The maximum Gasteiger partial charge on any atom is 0.334 e. The van der Waals surface area contributed by atoms with Crippen LogP contribution in [0.5, 0.6) is 0 Å². The summed E-state index contributed by atoms with van der Waals surface area (Å²) >= 11 is 0. The van der Waals surface area contributed by atoms with Crippen LogP contribution < -0.4 is 0 Å². The molecule has 2 aliphatic carbocycles. The number of hydrogen-bond donors (Lipinski definition) is 4. The first-order valence-corrected chi connectivity index (χ1v) is 13.0. The summed E-state index contributed by atoms with van der Waals surface area (Å²) in [6.45, 7) is 3.43. The molecule has 11 atom stereocenters. The fraction of sp³-hybridized carbons (Fsp3) is 0.704. The molecule has 0 bridgehead atoms. The Bertz CT molecular complexity index is 1070. The number of esters is 2. The Morgan fingerprint density at radius 2 is 1.97 bits per heavy atom. The molecule has 1 saturated carbocycles. The van der Waals surface area contributed by atoms with Gasteiger partial charge in [-0.3, -0.25) is 4.79 Å². The Labute approximate surface area is 220 Å². The highest BCUT2D eigenvalue weighted by molar-refractivity contribution is 5.93. The summed E-state index contributed by atoms with van der Waals surface area (Å²) in [5, 5.41) is 40.8. The van der Waals surface area contributed by atoms with E-state index in [1.807, 2.05) is 19.9 Å². The molecule has 4 aliphatic rings. The van der Waals surface area contributed by atoms with Crippen molar-refractivity contribution in [2.24, 2.45) is 22.7 Å². The molecule has 1 aromatic rings. The van der Waals surface area contributed by atoms with Gasteiger partial charge in [0.15, 0.2) is 6.29 Å². The molecule has 38 heavy (non-hydrogen) atoms. The van der Waals surface area contributed by atoms with Crippen molar-refractivity contribution in [3.05, 3.63) is 35.8 Å². The predicted octanol–water partition coefficient (Wildman–Crippen LogP) is 0.995. The number of hydrogen-bond acceptors (Lipinski definition) is 11. The van der Waals surface area contributed by atoms with Crippen LogP contribution in [-0.4, -0.2) is 82.9 Å². The van der Waals surface area contributed by atoms with Crippen LogP contribution in [0, 0.1) is 22.7 Å². The Morgan fingerprint density at radius 3 is 2.63 bits per heavy atom. The highest BCUT2D eigenvalue weighted by Crippen LogP contribution is 2.66. The minimum absolute atomic E-state index is 0.142. The summed E-state index contributed by atoms with van der Waals surface area (Å²) in [4.78, 5) is 26.0. The summed E-state index contributed by atoms with van der Waals surface area (Å²) in [6.07, 6.45) is -1.63. The molecule has 11 heteroatoms. The van der Waals surface area contributed by atoms with Crippen LogP contribution in [0.3, 0.4) is 0 Å². The van der Waals surface area contributed by atoms with Crippen LogP contribution in [0.4, 0.5) is 0 Å². The van der Waals surface area contributed by atoms with Gasteiger partial charge in [0.2, 0.25) is 0 Å². The van der Waals surface area contributed by atoms with Crippen molar-refractivity contribution in [3.8, 4) is 0 Å². The summed E-state index contributed by atoms with van der Waals surface area (Å²) < 4.78 is 28.2. The lowest BCUT2D eigenvalue weighted by molar-refractivity contribution is -0.315. The molecule has 1 aromatic heterocycles. The van der Waals surface area contributed by atoms with E-state index in [0.717, 1.165) is 6.42 Å². The number of methoxy groups -OCH3 is 1. The Balaban J connectivity index is 1.52. The van der Waals surface area contributed by atoms with Gasteiger partial charge in [-0.1, -0.05) is 19.9 Å². The average Bonchev–Trinajstić information content (AvgIpc) is 3.52. The van der Waals surface area contributed by atoms with Gasteiger partial charge in [0, 0.05) is 16.6 Å². The van der Waals surface area contributed by atoms with E-state index in [9.17, 15) is 30.0 Å². The number of carbonyl (C=O) groups excluding carboxylic acids is 2. The molecule has 2 saturated heterocycles. The molecule has 5 rings (SSSR count). The Kier molecular flexibility index (Phi) is 7.21. The van der Waals surface area contributed by atoms with Gasteiger partial charge in [-0.15, -0.1) is 0 Å². The third kappa shape index (κ3) is 4.11. The lowest BCUT2D eigenvalue weighted by atomic mass is 9.46. The van der Waals surface area contributed by atoms with E-state index in [1.54, 1.807) is 6.07 Å². The second kappa shape index (κ2) is 10.0. The fourth-order valence-electron chi connectivity index (χ4n) is 7.39. The zero-order valence-electron chi connectivity index (χ0n) is 21.7. The van der Waals surface area contributed by atoms with Gasteiger partial charge < -0.3 is 43.8 Å². The molecule has 2 aliphatic heterocycles. The highest BCUT2D eigenvalue weighted by Gasteiger charge is 2.67. The molecular formula is C27H36O11. The van der Waals surface area contributed by atoms with Gasteiger partial charge in [-0.25, -0.2) is 4.79 Å². The zero-order valence-corrected chi connectivity index (χ0v) is 21.7. The highest BCUT2D eigenvalue weighted by atomic mass is 16.7. The molecule has 0 aromatic carbocycles. The molecule has 0 amide bonds. The SMILES string of the molecule is COC(=O)[C@@H]1C[C@@H]2OC(=O)C3=CCC[C@@H]([C@@]1(C)C[C@H](O[C@@H]1O[C@H](CO)[C@@H](O)[C@@H](O)[C@H]1O)c1ccoc1)[C@]32C. The zero-order chi connectivity index (χ0) is 27.4. The first kappa shape index (κ1) is 27.3. The quantitative estimate of drug-likeness (QED) is 0.367. The molecule has 0 radical (unpaired) electrons. The van der Waals surface area contributed by atoms with Crippen molar-refractivity contribution in [1.29, 1.82) is 0 Å².